The molecule has 0 radical (unpaired) electrons. The van der Waals surface area contributed by atoms with Crippen LogP contribution in [0.5, 0.6) is 0 Å². The van der Waals surface area contributed by atoms with Crippen LogP contribution in [-0.4, -0.2) is 28.9 Å². The van der Waals surface area contributed by atoms with E-state index in [-0.39, 0.29) is 0 Å². The molecule has 0 aliphatic carbocycles. The summed E-state index contributed by atoms with van der Waals surface area (Å²) in [5.74, 6) is 0. The van der Waals surface area contributed by atoms with Gasteiger partial charge in [-0.25, -0.2) is 9.59 Å². The van der Waals surface area contributed by atoms with Crippen molar-refractivity contribution in [1.82, 2.24) is 0 Å². The third-order valence-corrected chi connectivity index (χ3v) is 0.175. The van der Waals surface area contributed by atoms with Gasteiger partial charge in [0, 0.05) is 11.6 Å². The molecule has 0 saturated heterocycles. The Balaban J connectivity index is 0. The highest BCUT2D eigenvalue weighted by atomic mass is 35.5. The van der Waals surface area contributed by atoms with Crippen LogP contribution in [0.15, 0.2) is 0 Å². The van der Waals surface area contributed by atoms with E-state index in [1.54, 1.807) is 0 Å². The van der Waals surface area contributed by atoms with E-state index in [1.807, 2.05) is 0 Å². The smallest absolute Gasteiger partial charge is 0.469 e. The Kier molecular flexibility index (Phi) is 8.53. The molecule has 0 atom stereocenters. The second-order valence-corrected chi connectivity index (χ2v) is 1.05. The summed E-state index contributed by atoms with van der Waals surface area (Å²) in [6.07, 6.45) is -1.25. The summed E-state index contributed by atoms with van der Waals surface area (Å²) >= 11 is 4.19. The van der Waals surface area contributed by atoms with Gasteiger partial charge in [-0.15, -0.1) is 0 Å². The molecule has 0 heterocycles. The zero-order valence-electron chi connectivity index (χ0n) is 4.50. The fraction of sp³-hybridized carbons (Fsp3) is 0.333. The van der Waals surface area contributed by atoms with Crippen molar-refractivity contribution in [3.05, 3.63) is 0 Å². The monoisotopic (exact) mass is 156 g/mol. The van der Waals surface area contributed by atoms with Crippen LogP contribution >= 0.6 is 11.6 Å². The van der Waals surface area contributed by atoms with Gasteiger partial charge in [0.25, 0.3) is 0 Å². The van der Waals surface area contributed by atoms with Crippen molar-refractivity contribution in [2.75, 3.05) is 7.11 Å². The van der Waals surface area contributed by atoms with Gasteiger partial charge in [-0.05, 0) is 0 Å². The lowest BCUT2D eigenvalue weighted by Crippen LogP contribution is -1.91. The topological polar surface area (TPSA) is 83.8 Å². The molecule has 0 spiro atoms. The van der Waals surface area contributed by atoms with E-state index >= 15 is 0 Å². The number of ether oxygens (including phenoxy) is 1. The van der Waals surface area contributed by atoms with Crippen LogP contribution in [-0.2, 0) is 4.74 Å². The number of halogens is 1. The molecule has 0 rings (SSSR count). The molecule has 0 aromatic carbocycles. The highest BCUT2D eigenvalue weighted by Crippen LogP contribution is 1.67. The van der Waals surface area contributed by atoms with Crippen molar-refractivity contribution in [2.24, 2.45) is 0 Å². The highest BCUT2D eigenvalue weighted by Gasteiger charge is 1.80. The Hall–Kier alpha value is -0.970. The van der Waals surface area contributed by atoms with E-state index in [4.69, 9.17) is 19.8 Å². The highest BCUT2D eigenvalue weighted by molar-refractivity contribution is 6.60. The molecule has 0 aliphatic rings. The Morgan fingerprint density at radius 3 is 1.56 bits per heavy atom. The first-order valence-electron chi connectivity index (χ1n) is 1.66. The summed E-state index contributed by atoms with van der Waals surface area (Å²) in [7, 11) is 1.10. The molecule has 0 aromatic rings. The van der Waals surface area contributed by atoms with Crippen LogP contribution in [0.4, 0.5) is 9.59 Å². The summed E-state index contributed by atoms with van der Waals surface area (Å²) in [6, 6.07) is 0. The summed E-state index contributed by atoms with van der Waals surface area (Å²) in [5, 5.41) is 14.7. The van der Waals surface area contributed by atoms with Gasteiger partial charge >= 0.3 is 11.6 Å². The predicted molar refractivity (Wildman–Crippen MR) is 28.9 cm³/mol. The number of rotatable bonds is 0. The van der Waals surface area contributed by atoms with Crippen LogP contribution in [0.2, 0.25) is 0 Å². The summed E-state index contributed by atoms with van der Waals surface area (Å²) < 4.78 is 3.67. The van der Waals surface area contributed by atoms with Gasteiger partial charge in [-0.3, -0.25) is 0 Å². The molecule has 0 aliphatic heterocycles. The number of hydrogen-bond acceptors (Lipinski definition) is 3. The molecular weight excluding hydrogens is 151 g/mol. The van der Waals surface area contributed by atoms with Gasteiger partial charge in [0.2, 0.25) is 0 Å². The van der Waals surface area contributed by atoms with Gasteiger partial charge in [-0.2, -0.15) is 0 Å². The predicted octanol–water partition coefficient (Wildman–Crippen LogP) is 1.21. The van der Waals surface area contributed by atoms with E-state index in [2.05, 4.69) is 16.3 Å². The summed E-state index contributed by atoms with van der Waals surface area (Å²) in [5.41, 5.74) is -1.36. The van der Waals surface area contributed by atoms with Crippen molar-refractivity contribution in [3.8, 4) is 0 Å². The third kappa shape index (κ3) is 168. The quantitative estimate of drug-likeness (QED) is 0.407. The molecule has 54 valence electrons. The fourth-order valence-corrected chi connectivity index (χ4v) is 0. The zero-order valence-corrected chi connectivity index (χ0v) is 5.25. The minimum atomic E-state index is -1.36. The molecule has 0 bridgehead atoms. The standard InChI is InChI=1S/C2H4O3.CHClO2/c1-5-2(3)4;2-1(3)4/h1H3,(H,3,4);(H,3,4). The minimum absolute atomic E-state index is 1.10. The van der Waals surface area contributed by atoms with Crippen LogP contribution < -0.4 is 0 Å². The number of methoxy groups -OCH3 is 1. The van der Waals surface area contributed by atoms with Gasteiger partial charge in [0.1, 0.15) is 0 Å². The van der Waals surface area contributed by atoms with Crippen molar-refractivity contribution in [3.63, 3.8) is 0 Å². The van der Waals surface area contributed by atoms with Crippen molar-refractivity contribution < 1.29 is 24.5 Å². The zero-order chi connectivity index (χ0) is 7.86. The average molecular weight is 157 g/mol. The van der Waals surface area contributed by atoms with Crippen molar-refractivity contribution in [2.45, 2.75) is 0 Å². The maximum atomic E-state index is 9.15. The van der Waals surface area contributed by atoms with Crippen LogP contribution in [0, 0.1) is 0 Å². The van der Waals surface area contributed by atoms with Crippen LogP contribution in [0.25, 0.3) is 0 Å². The normalized spacial score (nSPS) is 6.44. The molecule has 2 N–H and O–H groups in total. The Labute approximate surface area is 55.8 Å². The van der Waals surface area contributed by atoms with Crippen LogP contribution in [0.3, 0.4) is 0 Å². The maximum absolute atomic E-state index is 9.15. The first kappa shape index (κ1) is 10.9. The molecular formula is C3H5ClO5. The molecule has 0 saturated carbocycles. The van der Waals surface area contributed by atoms with Gasteiger partial charge < -0.3 is 14.9 Å². The molecule has 0 amide bonds. The van der Waals surface area contributed by atoms with Crippen molar-refractivity contribution >= 4 is 23.2 Å². The lowest BCUT2D eigenvalue weighted by molar-refractivity contribution is 0.113. The SMILES string of the molecule is COC(=O)O.O=C(O)Cl. The van der Waals surface area contributed by atoms with E-state index in [1.165, 1.54) is 0 Å². The van der Waals surface area contributed by atoms with E-state index in [0.29, 0.717) is 0 Å². The maximum Gasteiger partial charge on any atom is 0.505 e. The van der Waals surface area contributed by atoms with Gasteiger partial charge in [0.05, 0.1) is 7.11 Å². The van der Waals surface area contributed by atoms with Crippen molar-refractivity contribution in [1.29, 1.82) is 0 Å². The third-order valence-electron chi connectivity index (χ3n) is 0.175. The first-order valence-corrected chi connectivity index (χ1v) is 2.03. The molecule has 6 heteroatoms. The lowest BCUT2D eigenvalue weighted by Gasteiger charge is -1.79. The number of carbonyl (C=O) groups is 2. The minimum Gasteiger partial charge on any atom is -0.469 e. The fourth-order valence-electron chi connectivity index (χ4n) is 0. The molecule has 0 fully saturated rings. The van der Waals surface area contributed by atoms with Crippen LogP contribution in [0.1, 0.15) is 0 Å². The number of carboxylic acid groups (broad SMARTS) is 2. The largest absolute Gasteiger partial charge is 0.505 e. The van der Waals surface area contributed by atoms with E-state index < -0.39 is 11.6 Å². The Morgan fingerprint density at radius 2 is 1.56 bits per heavy atom. The molecule has 0 unspecified atom stereocenters. The number of hydrogen-bond donors (Lipinski definition) is 2. The second kappa shape index (κ2) is 7.03. The first-order chi connectivity index (χ1) is 4.00. The summed E-state index contributed by atoms with van der Waals surface area (Å²) in [4.78, 5) is 17.9. The Morgan fingerprint density at radius 1 is 1.44 bits per heavy atom. The molecule has 5 nitrogen and oxygen atoms in total. The average Bonchev–Trinajstić information content (AvgIpc) is 1.65. The van der Waals surface area contributed by atoms with E-state index in [9.17, 15) is 0 Å². The molecule has 9 heavy (non-hydrogen) atoms. The summed E-state index contributed by atoms with van der Waals surface area (Å²) in [6.45, 7) is 0. The van der Waals surface area contributed by atoms with Gasteiger partial charge in [-0.1, -0.05) is 0 Å². The second-order valence-electron chi connectivity index (χ2n) is 0.723. The lowest BCUT2D eigenvalue weighted by atomic mass is 11.4. The molecule has 0 aromatic heterocycles. The van der Waals surface area contributed by atoms with Gasteiger partial charge in [0.15, 0.2) is 0 Å². The van der Waals surface area contributed by atoms with E-state index in [0.717, 1.165) is 7.11 Å². The Bertz CT molecular complexity index is 96.4.